The predicted octanol–water partition coefficient (Wildman–Crippen LogP) is 3.48. The van der Waals surface area contributed by atoms with Crippen molar-refractivity contribution in [1.82, 2.24) is 0 Å². The zero-order chi connectivity index (χ0) is 14.0. The van der Waals surface area contributed by atoms with Crippen LogP contribution in [0.4, 0.5) is 5.69 Å². The third-order valence-electron chi connectivity index (χ3n) is 4.18. The first-order valence-corrected chi connectivity index (χ1v) is 6.97. The Kier molecular flexibility index (Phi) is 3.36. The van der Waals surface area contributed by atoms with Gasteiger partial charge in [0.25, 0.3) is 0 Å². The van der Waals surface area contributed by atoms with E-state index in [0.29, 0.717) is 0 Å². The summed E-state index contributed by atoms with van der Waals surface area (Å²) < 4.78 is 5.85. The molecule has 1 aliphatic rings. The second-order valence-corrected chi connectivity index (χ2v) is 5.49. The maximum atomic E-state index is 9.65. The third-order valence-corrected chi connectivity index (χ3v) is 4.18. The molecular weight excluding hydrogens is 250 g/mol. The fourth-order valence-electron chi connectivity index (χ4n) is 2.70. The average Bonchev–Trinajstić information content (AvgIpc) is 2.41. The van der Waals surface area contributed by atoms with E-state index < -0.39 is 0 Å². The highest BCUT2D eigenvalue weighted by Crippen LogP contribution is 2.44. The molecule has 3 rings (SSSR count). The van der Waals surface area contributed by atoms with Crippen LogP contribution in [0.2, 0.25) is 0 Å². The van der Waals surface area contributed by atoms with Gasteiger partial charge in [-0.25, -0.2) is 0 Å². The van der Waals surface area contributed by atoms with Crippen LogP contribution in [-0.4, -0.2) is 11.7 Å². The van der Waals surface area contributed by atoms with Gasteiger partial charge in [-0.15, -0.1) is 0 Å². The van der Waals surface area contributed by atoms with E-state index >= 15 is 0 Å². The molecule has 0 unspecified atom stereocenters. The molecule has 0 atom stereocenters. The predicted molar refractivity (Wildman–Crippen MR) is 80.0 cm³/mol. The van der Waals surface area contributed by atoms with Crippen molar-refractivity contribution >= 4 is 5.69 Å². The van der Waals surface area contributed by atoms with Crippen molar-refractivity contribution < 1.29 is 9.84 Å². The van der Waals surface area contributed by atoms with Crippen molar-refractivity contribution in [2.45, 2.75) is 24.7 Å². The molecule has 1 aliphatic carbocycles. The van der Waals surface area contributed by atoms with Gasteiger partial charge in [-0.3, -0.25) is 0 Å². The van der Waals surface area contributed by atoms with E-state index in [9.17, 15) is 5.11 Å². The topological polar surface area (TPSA) is 55.5 Å². The average molecular weight is 269 g/mol. The summed E-state index contributed by atoms with van der Waals surface area (Å²) in [5.41, 5.74) is 7.49. The third kappa shape index (κ3) is 2.37. The Labute approximate surface area is 119 Å². The van der Waals surface area contributed by atoms with Crippen molar-refractivity contribution in [1.29, 1.82) is 0 Å². The van der Waals surface area contributed by atoms with Crippen LogP contribution in [-0.2, 0) is 5.41 Å². The van der Waals surface area contributed by atoms with Crippen LogP contribution in [0.1, 0.15) is 24.8 Å². The molecule has 0 spiro atoms. The van der Waals surface area contributed by atoms with E-state index in [2.05, 4.69) is 6.07 Å². The van der Waals surface area contributed by atoms with Gasteiger partial charge >= 0.3 is 0 Å². The molecule has 3 heteroatoms. The Balaban J connectivity index is 1.82. The fraction of sp³-hybridized carbons (Fsp3) is 0.294. The summed E-state index contributed by atoms with van der Waals surface area (Å²) in [6.07, 6.45) is 3.28. The zero-order valence-corrected chi connectivity index (χ0v) is 11.4. The lowest BCUT2D eigenvalue weighted by Crippen LogP contribution is -2.37. The number of nitrogens with two attached hydrogens (primary N) is 1. The number of benzene rings is 2. The quantitative estimate of drug-likeness (QED) is 0.835. The molecule has 0 amide bonds. The maximum Gasteiger partial charge on any atom is 0.127 e. The minimum Gasteiger partial charge on any atom is -0.457 e. The first kappa shape index (κ1) is 13.0. The molecular formula is C17H19NO2. The van der Waals surface area contributed by atoms with E-state index in [1.54, 1.807) is 0 Å². The monoisotopic (exact) mass is 269 g/mol. The number of ether oxygens (including phenoxy) is 1. The lowest BCUT2D eigenvalue weighted by molar-refractivity contribution is 0.120. The molecule has 2 aromatic rings. The number of aliphatic hydroxyl groups is 1. The summed E-state index contributed by atoms with van der Waals surface area (Å²) in [7, 11) is 0. The molecule has 0 radical (unpaired) electrons. The maximum absolute atomic E-state index is 9.65. The van der Waals surface area contributed by atoms with E-state index in [1.165, 1.54) is 12.0 Å². The lowest BCUT2D eigenvalue weighted by atomic mass is 9.65. The Morgan fingerprint density at radius 1 is 1.05 bits per heavy atom. The highest BCUT2D eigenvalue weighted by atomic mass is 16.5. The van der Waals surface area contributed by atoms with Crippen molar-refractivity contribution in [3.8, 4) is 11.5 Å². The van der Waals surface area contributed by atoms with Crippen LogP contribution in [0.15, 0.2) is 48.5 Å². The smallest absolute Gasteiger partial charge is 0.127 e. The van der Waals surface area contributed by atoms with Crippen molar-refractivity contribution in [2.24, 2.45) is 0 Å². The molecule has 104 valence electrons. The zero-order valence-electron chi connectivity index (χ0n) is 11.4. The molecule has 2 aromatic carbocycles. The Morgan fingerprint density at radius 2 is 1.80 bits per heavy atom. The van der Waals surface area contributed by atoms with E-state index in [-0.39, 0.29) is 12.0 Å². The summed E-state index contributed by atoms with van der Waals surface area (Å²) >= 11 is 0. The lowest BCUT2D eigenvalue weighted by Gasteiger charge is -2.41. The van der Waals surface area contributed by atoms with E-state index in [0.717, 1.165) is 30.0 Å². The summed E-state index contributed by atoms with van der Waals surface area (Å²) in [6, 6.07) is 15.4. The summed E-state index contributed by atoms with van der Waals surface area (Å²) in [5, 5.41) is 9.65. The van der Waals surface area contributed by atoms with Gasteiger partial charge in [-0.2, -0.15) is 0 Å². The standard InChI is InChI=1S/C17H19NO2/c18-14-5-7-15(8-6-14)20-16-4-1-3-13(11-16)17(12-19)9-2-10-17/h1,3-8,11,19H,2,9-10,12,18H2. The van der Waals surface area contributed by atoms with Crippen LogP contribution in [0.5, 0.6) is 11.5 Å². The molecule has 20 heavy (non-hydrogen) atoms. The van der Waals surface area contributed by atoms with Crippen LogP contribution >= 0.6 is 0 Å². The van der Waals surface area contributed by atoms with Crippen LogP contribution in [0.25, 0.3) is 0 Å². The van der Waals surface area contributed by atoms with Gasteiger partial charge in [-0.1, -0.05) is 18.6 Å². The Bertz CT molecular complexity index is 583. The molecule has 3 N–H and O–H groups in total. The number of anilines is 1. The minimum absolute atomic E-state index is 0.0551. The summed E-state index contributed by atoms with van der Waals surface area (Å²) in [4.78, 5) is 0. The van der Waals surface area contributed by atoms with Crippen LogP contribution in [0.3, 0.4) is 0 Å². The van der Waals surface area contributed by atoms with Gasteiger partial charge in [0.2, 0.25) is 0 Å². The van der Waals surface area contributed by atoms with Crippen LogP contribution < -0.4 is 10.5 Å². The largest absolute Gasteiger partial charge is 0.457 e. The molecule has 1 saturated carbocycles. The molecule has 1 fully saturated rings. The van der Waals surface area contributed by atoms with Gasteiger partial charge in [0.1, 0.15) is 11.5 Å². The second kappa shape index (κ2) is 5.17. The van der Waals surface area contributed by atoms with Crippen LogP contribution in [0, 0.1) is 0 Å². The van der Waals surface area contributed by atoms with Gasteiger partial charge in [0.15, 0.2) is 0 Å². The normalized spacial score (nSPS) is 16.4. The molecule has 3 nitrogen and oxygen atoms in total. The highest BCUT2D eigenvalue weighted by molar-refractivity contribution is 5.44. The van der Waals surface area contributed by atoms with Gasteiger partial charge < -0.3 is 15.6 Å². The van der Waals surface area contributed by atoms with Gasteiger partial charge in [-0.05, 0) is 54.8 Å². The number of rotatable bonds is 4. The first-order valence-electron chi connectivity index (χ1n) is 6.97. The van der Waals surface area contributed by atoms with Crippen molar-refractivity contribution in [2.75, 3.05) is 12.3 Å². The molecule has 0 aliphatic heterocycles. The Hall–Kier alpha value is -2.00. The number of hydrogen-bond acceptors (Lipinski definition) is 3. The molecule has 0 heterocycles. The minimum atomic E-state index is -0.0551. The van der Waals surface area contributed by atoms with Gasteiger partial charge in [0, 0.05) is 11.1 Å². The van der Waals surface area contributed by atoms with Crippen molar-refractivity contribution in [3.63, 3.8) is 0 Å². The molecule has 0 aromatic heterocycles. The summed E-state index contributed by atoms with van der Waals surface area (Å²) in [6.45, 7) is 0.207. The van der Waals surface area contributed by atoms with E-state index in [1.807, 2.05) is 42.5 Å². The van der Waals surface area contributed by atoms with Gasteiger partial charge in [0.05, 0.1) is 6.61 Å². The first-order chi connectivity index (χ1) is 9.72. The molecule has 0 saturated heterocycles. The number of nitrogen functional groups attached to an aromatic ring is 1. The molecule has 0 bridgehead atoms. The number of aliphatic hydroxyl groups excluding tert-OH is 1. The summed E-state index contributed by atoms with van der Waals surface area (Å²) in [5.74, 6) is 1.56. The van der Waals surface area contributed by atoms with Crippen molar-refractivity contribution in [3.05, 3.63) is 54.1 Å². The number of hydrogen-bond donors (Lipinski definition) is 2. The second-order valence-electron chi connectivity index (χ2n) is 5.49. The SMILES string of the molecule is Nc1ccc(Oc2cccc(C3(CO)CCC3)c2)cc1. The van der Waals surface area contributed by atoms with E-state index in [4.69, 9.17) is 10.5 Å². The fourth-order valence-corrected chi connectivity index (χ4v) is 2.70. The Morgan fingerprint density at radius 3 is 2.40 bits per heavy atom. The highest BCUT2D eigenvalue weighted by Gasteiger charge is 2.38.